The second-order valence-electron chi connectivity index (χ2n) is 9.10. The van der Waals surface area contributed by atoms with Gasteiger partial charge in [-0.15, -0.1) is 0 Å². The molecule has 4 rings (SSSR count). The number of unbranched alkanes of at least 4 members (excludes halogenated alkanes) is 2. The number of hydrogen-bond acceptors (Lipinski definition) is 2. The van der Waals surface area contributed by atoms with E-state index in [0.717, 1.165) is 37.2 Å². The fourth-order valence-corrected chi connectivity index (χ4v) is 4.26. The summed E-state index contributed by atoms with van der Waals surface area (Å²) in [6.07, 6.45) is 7.17. The van der Waals surface area contributed by atoms with Crippen molar-refractivity contribution in [3.8, 4) is 0 Å². The molecule has 5 heteroatoms. The lowest BCUT2D eigenvalue weighted by molar-refractivity contribution is 0.758. The van der Waals surface area contributed by atoms with Gasteiger partial charge < -0.3 is 10.3 Å². The Hall–Kier alpha value is -4.25. The molecule has 0 fully saturated rings. The third-order valence-electron chi connectivity index (χ3n) is 6.18. The van der Waals surface area contributed by atoms with Crippen molar-refractivity contribution in [3.63, 3.8) is 0 Å². The van der Waals surface area contributed by atoms with Gasteiger partial charge in [-0.05, 0) is 55.4 Å². The van der Waals surface area contributed by atoms with Crippen LogP contribution in [0.3, 0.4) is 0 Å². The molecule has 2 N–H and O–H groups in total. The van der Waals surface area contributed by atoms with Gasteiger partial charge in [-0.1, -0.05) is 97.1 Å². The molecule has 0 saturated carbocycles. The second kappa shape index (κ2) is 13.2. The summed E-state index contributed by atoms with van der Waals surface area (Å²) in [6, 6.07) is 31.5. The Balaban J connectivity index is 1.42. The summed E-state index contributed by atoms with van der Waals surface area (Å²) in [5, 5.41) is 0. The van der Waals surface area contributed by atoms with Crippen molar-refractivity contribution in [3.05, 3.63) is 131 Å². The van der Waals surface area contributed by atoms with Crippen molar-refractivity contribution in [1.82, 2.24) is 9.55 Å². The molecule has 1 aromatic heterocycles. The topological polar surface area (TPSA) is 68.6 Å². The Morgan fingerprint density at radius 1 is 0.865 bits per heavy atom. The van der Waals surface area contributed by atoms with E-state index < -0.39 is 0 Å². The third-order valence-corrected chi connectivity index (χ3v) is 6.18. The zero-order chi connectivity index (χ0) is 25.9. The van der Waals surface area contributed by atoms with E-state index in [2.05, 4.69) is 112 Å². The maximum Gasteiger partial charge on any atom is 0.177 e. The highest BCUT2D eigenvalue weighted by Gasteiger charge is 2.13. The predicted molar refractivity (Wildman–Crippen MR) is 155 cm³/mol. The maximum atomic E-state index is 5.93. The molecular formula is C32H35N5. The Kier molecular flexibility index (Phi) is 9.19. The van der Waals surface area contributed by atoms with Gasteiger partial charge in [-0.3, -0.25) is 4.99 Å². The highest BCUT2D eigenvalue weighted by Crippen LogP contribution is 2.24. The van der Waals surface area contributed by atoms with Crippen molar-refractivity contribution in [2.24, 2.45) is 15.7 Å². The van der Waals surface area contributed by atoms with E-state index in [0.29, 0.717) is 18.2 Å². The molecule has 0 aliphatic carbocycles. The largest absolute Gasteiger partial charge is 0.387 e. The molecule has 37 heavy (non-hydrogen) atoms. The predicted octanol–water partition coefficient (Wildman–Crippen LogP) is 6.67. The maximum absolute atomic E-state index is 5.93. The van der Waals surface area contributed by atoms with Gasteiger partial charge in [0, 0.05) is 18.8 Å². The van der Waals surface area contributed by atoms with Crippen LogP contribution in [0.2, 0.25) is 0 Å². The van der Waals surface area contributed by atoms with E-state index >= 15 is 0 Å². The molecule has 0 saturated heterocycles. The van der Waals surface area contributed by atoms with Crippen LogP contribution in [0.25, 0.3) is 5.57 Å². The second-order valence-corrected chi connectivity index (χ2v) is 9.10. The Morgan fingerprint density at radius 2 is 1.46 bits per heavy atom. The summed E-state index contributed by atoms with van der Waals surface area (Å²) in [7, 11) is 0. The number of aromatic nitrogens is 2. The molecule has 4 aromatic rings. The SMILES string of the molecule is CC(N)=NC(=NCCCCC=C(c1ccccc1)c1ccccc1)c1ncn(Cc2ccccc2)c1C. The first-order chi connectivity index (χ1) is 18.1. The number of allylic oxidation sites excluding steroid dienone is 1. The standard InChI is InChI=1S/C32H35N5/c1-25-31(35-24-37(25)23-27-15-7-3-8-16-27)32(36-26(2)33)34-22-14-6-13-21-30(28-17-9-4-10-18-28)29-19-11-5-12-20-29/h3-5,7-12,15-21,24H,6,13-14,22-23H2,1-2H3,(H2,33,34,36). The van der Waals surface area contributed by atoms with Crippen molar-refractivity contribution < 1.29 is 0 Å². The lowest BCUT2D eigenvalue weighted by Crippen LogP contribution is -2.12. The Morgan fingerprint density at radius 3 is 2.05 bits per heavy atom. The zero-order valence-electron chi connectivity index (χ0n) is 21.7. The summed E-state index contributed by atoms with van der Waals surface area (Å²) in [5.41, 5.74) is 12.7. The van der Waals surface area contributed by atoms with Crippen molar-refractivity contribution in [2.45, 2.75) is 39.7 Å². The molecule has 0 unspecified atom stereocenters. The Bertz CT molecular complexity index is 1300. The minimum absolute atomic E-state index is 0.481. The zero-order valence-corrected chi connectivity index (χ0v) is 21.7. The normalized spacial score (nSPS) is 11.9. The number of aliphatic imine (C=N–C) groups is 2. The average Bonchev–Trinajstić information content (AvgIpc) is 3.28. The van der Waals surface area contributed by atoms with E-state index in [1.54, 1.807) is 6.92 Å². The number of amidine groups is 2. The summed E-state index contributed by atoms with van der Waals surface area (Å²) >= 11 is 0. The van der Waals surface area contributed by atoms with Crippen LogP contribution in [0.1, 0.15) is 54.3 Å². The van der Waals surface area contributed by atoms with E-state index in [9.17, 15) is 0 Å². The fraction of sp³-hybridized carbons (Fsp3) is 0.219. The highest BCUT2D eigenvalue weighted by molar-refractivity contribution is 6.05. The van der Waals surface area contributed by atoms with Gasteiger partial charge in [0.15, 0.2) is 5.84 Å². The molecule has 0 bridgehead atoms. The molecule has 188 valence electrons. The third kappa shape index (κ3) is 7.37. The lowest BCUT2D eigenvalue weighted by Gasteiger charge is -2.09. The van der Waals surface area contributed by atoms with Crippen LogP contribution in [0.5, 0.6) is 0 Å². The number of imidazole rings is 1. The summed E-state index contributed by atoms with van der Waals surface area (Å²) < 4.78 is 2.13. The molecule has 0 amide bonds. The first kappa shape index (κ1) is 25.8. The molecule has 0 spiro atoms. The highest BCUT2D eigenvalue weighted by atomic mass is 15.1. The monoisotopic (exact) mass is 489 g/mol. The van der Waals surface area contributed by atoms with E-state index in [4.69, 9.17) is 10.7 Å². The number of hydrogen-bond donors (Lipinski definition) is 1. The van der Waals surface area contributed by atoms with E-state index in [1.165, 1.54) is 22.3 Å². The van der Waals surface area contributed by atoms with Crippen molar-refractivity contribution >= 4 is 17.2 Å². The van der Waals surface area contributed by atoms with Gasteiger partial charge in [-0.25, -0.2) is 9.98 Å². The van der Waals surface area contributed by atoms with Crippen molar-refractivity contribution in [2.75, 3.05) is 6.54 Å². The Labute approximate surface area is 220 Å². The van der Waals surface area contributed by atoms with Crippen LogP contribution in [-0.2, 0) is 6.54 Å². The summed E-state index contributed by atoms with van der Waals surface area (Å²) in [5.74, 6) is 1.09. The quantitative estimate of drug-likeness (QED) is 0.154. The molecule has 0 aliphatic heterocycles. The molecule has 0 aliphatic rings. The smallest absolute Gasteiger partial charge is 0.177 e. The minimum atomic E-state index is 0.481. The number of nitrogens with zero attached hydrogens (tertiary/aromatic N) is 4. The van der Waals surface area contributed by atoms with E-state index in [1.807, 2.05) is 12.4 Å². The van der Waals surface area contributed by atoms with Gasteiger partial charge in [0.25, 0.3) is 0 Å². The molecule has 1 heterocycles. The fourth-order valence-electron chi connectivity index (χ4n) is 4.26. The molecule has 5 nitrogen and oxygen atoms in total. The molecule has 0 atom stereocenters. The minimum Gasteiger partial charge on any atom is -0.387 e. The number of benzene rings is 3. The van der Waals surface area contributed by atoms with Gasteiger partial charge in [0.1, 0.15) is 5.69 Å². The molecule has 3 aromatic carbocycles. The van der Waals surface area contributed by atoms with Gasteiger partial charge in [0.05, 0.1) is 12.2 Å². The van der Waals surface area contributed by atoms with Crippen LogP contribution >= 0.6 is 0 Å². The molecule has 0 radical (unpaired) electrons. The van der Waals surface area contributed by atoms with Crippen LogP contribution in [0, 0.1) is 6.92 Å². The summed E-state index contributed by atoms with van der Waals surface area (Å²) in [6.45, 7) is 5.28. The van der Waals surface area contributed by atoms with E-state index in [-0.39, 0.29) is 0 Å². The first-order valence-electron chi connectivity index (χ1n) is 12.8. The van der Waals surface area contributed by atoms with Crippen LogP contribution in [0.15, 0.2) is 113 Å². The van der Waals surface area contributed by atoms with Crippen LogP contribution in [0.4, 0.5) is 0 Å². The summed E-state index contributed by atoms with van der Waals surface area (Å²) in [4.78, 5) is 13.9. The number of rotatable bonds is 10. The van der Waals surface area contributed by atoms with Gasteiger partial charge in [0.2, 0.25) is 0 Å². The van der Waals surface area contributed by atoms with Crippen LogP contribution in [-0.4, -0.2) is 27.8 Å². The van der Waals surface area contributed by atoms with Gasteiger partial charge in [-0.2, -0.15) is 0 Å². The van der Waals surface area contributed by atoms with Gasteiger partial charge >= 0.3 is 0 Å². The molecular weight excluding hydrogens is 454 g/mol. The lowest BCUT2D eigenvalue weighted by atomic mass is 9.96. The van der Waals surface area contributed by atoms with Crippen molar-refractivity contribution in [1.29, 1.82) is 0 Å². The number of nitrogens with two attached hydrogens (primary N) is 1. The average molecular weight is 490 g/mol. The first-order valence-corrected chi connectivity index (χ1v) is 12.8. The van der Waals surface area contributed by atoms with Crippen LogP contribution < -0.4 is 5.73 Å².